The van der Waals surface area contributed by atoms with Crippen LogP contribution in [0.25, 0.3) is 5.57 Å². The Kier molecular flexibility index (Phi) is 18.7. The zero-order chi connectivity index (χ0) is 16.0. The highest BCUT2D eigenvalue weighted by Gasteiger charge is 2.05. The molecule has 0 aromatic carbocycles. The number of Topliss-reactive ketones (excluding diaryl/α,β-unsaturated/α-hetero) is 1. The Labute approximate surface area is 123 Å². The van der Waals surface area contributed by atoms with Gasteiger partial charge in [0.2, 0.25) is 0 Å². The monoisotopic (exact) mass is 329 g/mol. The molecule has 0 N–H and O–H groups in total. The third-order valence-electron chi connectivity index (χ3n) is 1.88. The van der Waals surface area contributed by atoms with Gasteiger partial charge in [0.05, 0.1) is 12.1 Å². The van der Waals surface area contributed by atoms with Gasteiger partial charge in [0.1, 0.15) is 10.8 Å². The van der Waals surface area contributed by atoms with Gasteiger partial charge in [0, 0.05) is 23.7 Å². The van der Waals surface area contributed by atoms with Crippen molar-refractivity contribution in [2.45, 2.75) is 20.3 Å². The van der Waals surface area contributed by atoms with E-state index < -0.39 is 0 Å². The van der Waals surface area contributed by atoms with E-state index in [4.69, 9.17) is 18.3 Å². The van der Waals surface area contributed by atoms with Crippen molar-refractivity contribution < 1.29 is 27.8 Å². The average Bonchev–Trinajstić information content (AvgIpc) is 2.91. The smallest absolute Gasteiger partial charge is 0.136 e. The van der Waals surface area contributed by atoms with Crippen molar-refractivity contribution in [3.8, 4) is 0 Å². The van der Waals surface area contributed by atoms with Crippen LogP contribution in [0.1, 0.15) is 24.5 Å². The van der Waals surface area contributed by atoms with Gasteiger partial charge in [0.15, 0.2) is 0 Å². The van der Waals surface area contributed by atoms with Crippen molar-refractivity contribution in [2.24, 2.45) is 0 Å². The van der Waals surface area contributed by atoms with Gasteiger partial charge < -0.3 is 0 Å². The first kappa shape index (κ1) is 24.2. The molecule has 1 rings (SSSR count). The number of halogens is 5. The maximum atomic E-state index is 10.9. The second kappa shape index (κ2) is 16.2. The molecule has 0 atom stereocenters. The molecule has 1 aromatic heterocycles. The van der Waals surface area contributed by atoms with E-state index >= 15 is 0 Å². The quantitative estimate of drug-likeness (QED) is 0.545. The Morgan fingerprint density at radius 2 is 1.90 bits per heavy atom. The summed E-state index contributed by atoms with van der Waals surface area (Å²) in [5, 5.41) is 2.78. The lowest BCUT2D eigenvalue weighted by atomic mass is 10.2. The number of nitrogens with zero attached hydrogens (tertiary/aromatic N) is 1. The fourth-order valence-corrected chi connectivity index (χ4v) is 2.01. The first-order valence-corrected chi connectivity index (χ1v) is 6.22. The van der Waals surface area contributed by atoms with Crippen LogP contribution in [0.15, 0.2) is 36.3 Å². The molecule has 0 bridgehead atoms. The molecule has 0 amide bonds. The maximum absolute atomic E-state index is 10.9. The summed E-state index contributed by atoms with van der Waals surface area (Å²) in [6, 6.07) is 0. The summed E-state index contributed by atoms with van der Waals surface area (Å²) in [5.74, 6) is 0.135. The van der Waals surface area contributed by atoms with Crippen molar-refractivity contribution in [3.05, 3.63) is 47.0 Å². The number of hydrogen-bond acceptors (Lipinski definition) is 3. The number of hydrogen-bond donors (Lipinski definition) is 0. The van der Waals surface area contributed by atoms with E-state index in [2.05, 4.69) is 11.6 Å². The summed E-state index contributed by atoms with van der Waals surface area (Å²) in [6.07, 6.45) is 8.13. The largest absolute Gasteiger partial charge is 0.300 e. The molecule has 2 nitrogen and oxygen atoms in total. The Morgan fingerprint density at radius 1 is 1.33 bits per heavy atom. The van der Waals surface area contributed by atoms with E-state index in [9.17, 15) is 4.79 Å². The Hall–Kier alpha value is -1.83. The fraction of sp³-hybridized carbons (Fsp3) is 0.231. The number of allylic oxidation sites excluding steroid dienone is 5. The molecule has 0 fully saturated rings. The van der Waals surface area contributed by atoms with E-state index in [-0.39, 0.29) is 10.5 Å². The average molecular weight is 329 g/mol. The first-order chi connectivity index (χ1) is 9.63. The van der Waals surface area contributed by atoms with E-state index in [1.54, 1.807) is 6.92 Å². The van der Waals surface area contributed by atoms with Crippen LogP contribution in [-0.2, 0) is 11.2 Å². The molecule has 0 spiro atoms. The molecule has 8 heteroatoms. The molecule has 120 valence electrons. The highest BCUT2D eigenvalue weighted by Crippen LogP contribution is 2.18. The Morgan fingerprint density at radius 3 is 2.38 bits per heavy atom. The Bertz CT molecular complexity index is 457. The van der Waals surface area contributed by atoms with Crippen LogP contribution < -0.4 is 0 Å². The summed E-state index contributed by atoms with van der Waals surface area (Å²) in [5.41, 5.74) is 1.71. The van der Waals surface area contributed by atoms with E-state index in [1.165, 1.54) is 11.3 Å². The fourth-order valence-electron chi connectivity index (χ4n) is 1.12. The minimum Gasteiger partial charge on any atom is -0.300 e. The van der Waals surface area contributed by atoms with Gasteiger partial charge in [-0.2, -0.15) is 0 Å². The molecule has 1 heterocycles. The molecule has 21 heavy (non-hydrogen) atoms. The normalized spacial score (nSPS) is 9.24. The van der Waals surface area contributed by atoms with Crippen molar-refractivity contribution in [1.82, 2.24) is 4.98 Å². The van der Waals surface area contributed by atoms with Crippen molar-refractivity contribution in [2.75, 3.05) is 0 Å². The van der Waals surface area contributed by atoms with Gasteiger partial charge in [-0.25, -0.2) is 4.98 Å². The first-order valence-electron chi connectivity index (χ1n) is 5.34. The highest BCUT2D eigenvalue weighted by atomic mass is 32.1. The van der Waals surface area contributed by atoms with Gasteiger partial charge in [0.25, 0.3) is 0 Å². The van der Waals surface area contributed by atoms with Crippen LogP contribution >= 0.6 is 11.3 Å². The van der Waals surface area contributed by atoms with Gasteiger partial charge in [-0.05, 0) is 19.4 Å². The number of rotatable bonds is 5. The summed E-state index contributed by atoms with van der Waals surface area (Å²) in [7, 11) is 0. The van der Waals surface area contributed by atoms with Crippen LogP contribution in [0.5, 0.6) is 0 Å². The highest BCUT2D eigenvalue weighted by molar-refractivity contribution is 7.09. The molecule has 0 saturated carbocycles. The number of carbonyl (C=O) groups excluding carboxylic acids is 1. The lowest BCUT2D eigenvalue weighted by Gasteiger charge is -1.92. The zero-order valence-corrected chi connectivity index (χ0v) is 12.3. The number of thiazole rings is 1. The van der Waals surface area contributed by atoms with Crippen LogP contribution in [-0.4, -0.2) is 10.8 Å². The van der Waals surface area contributed by atoms with Crippen LogP contribution in [0.4, 0.5) is 23.0 Å². The molecule has 1 aromatic rings. The molecular formula is C13H16F5NOS. The predicted molar refractivity (Wildman–Crippen MR) is 76.4 cm³/mol. The second-order valence-corrected chi connectivity index (χ2v) is 4.36. The zero-order valence-electron chi connectivity index (χ0n) is 11.5. The van der Waals surface area contributed by atoms with Crippen LogP contribution in [0.3, 0.4) is 0 Å². The molecule has 0 aliphatic heterocycles. The Balaban J connectivity index is -0.000000595. The molecule has 0 radical (unpaired) electrons. The van der Waals surface area contributed by atoms with Gasteiger partial charge in [-0.3, -0.25) is 9.50 Å². The predicted octanol–water partition coefficient (Wildman–Crippen LogP) is 5.25. The van der Waals surface area contributed by atoms with Crippen molar-refractivity contribution in [1.29, 1.82) is 0 Å². The summed E-state index contributed by atoms with van der Waals surface area (Å²) in [4.78, 5) is 15.3. The summed E-state index contributed by atoms with van der Waals surface area (Å²) >= 11 is 1.50. The topological polar surface area (TPSA) is 30.0 Å². The van der Waals surface area contributed by atoms with Gasteiger partial charge in [-0.15, -0.1) is 11.3 Å². The number of carbonyl (C=O) groups is 1. The second-order valence-electron chi connectivity index (χ2n) is 3.42. The minimum absolute atomic E-state index is 0. The van der Waals surface area contributed by atoms with Crippen molar-refractivity contribution >= 4 is 22.7 Å². The number of ketones is 1. The summed E-state index contributed by atoms with van der Waals surface area (Å²) in [6.45, 7) is 7.46. The van der Waals surface area contributed by atoms with E-state index in [0.717, 1.165) is 16.3 Å². The third-order valence-corrected chi connectivity index (χ3v) is 2.73. The van der Waals surface area contributed by atoms with Crippen LogP contribution in [0.2, 0.25) is 0 Å². The number of aromatic nitrogens is 1. The van der Waals surface area contributed by atoms with Crippen LogP contribution in [0, 0.1) is 0 Å². The SMILES string of the molecule is C=C(/C=C\C=C\C)c1csc(CC(C)=O)n1.F.FF.FF. The van der Waals surface area contributed by atoms with Gasteiger partial charge >= 0.3 is 0 Å². The van der Waals surface area contributed by atoms with Crippen molar-refractivity contribution in [3.63, 3.8) is 0 Å². The van der Waals surface area contributed by atoms with Gasteiger partial charge in [-0.1, -0.05) is 30.9 Å². The molecular weight excluding hydrogens is 313 g/mol. The maximum Gasteiger partial charge on any atom is 0.136 e. The lowest BCUT2D eigenvalue weighted by Crippen LogP contribution is -1.95. The van der Waals surface area contributed by atoms with E-state index in [0.29, 0.717) is 6.42 Å². The minimum atomic E-state index is 0. The molecule has 0 saturated heterocycles. The molecule has 0 aliphatic rings. The summed E-state index contributed by atoms with van der Waals surface area (Å²) < 4.78 is 32.0. The standard InChI is InChI=1S/C13H15NOS.2F2.FH/c1-4-5-6-7-10(2)12-9-16-13(14-12)8-11(3)15;2*1-2;/h4-7,9H,2,8H2,1,3H3;;;1H/b5-4+,7-6-;;;. The third kappa shape index (κ3) is 11.7. The molecule has 0 aliphatic carbocycles. The lowest BCUT2D eigenvalue weighted by molar-refractivity contribution is -0.116. The van der Waals surface area contributed by atoms with E-state index in [1.807, 2.05) is 36.6 Å². The molecule has 0 unspecified atom stereocenters.